The highest BCUT2D eigenvalue weighted by Gasteiger charge is 2.30. The molecule has 0 saturated carbocycles. The van der Waals surface area contributed by atoms with Crippen LogP contribution in [0.4, 0.5) is 5.69 Å². The standard InChI is InChI=1S/C16H21N3O2/c1-3-10-19-11-9-17-14(16(19)21)12-15(20)18(2)13-7-5-4-6-8-13/h3-8,14,17H,1,9-12H2,2H3. The molecule has 1 fully saturated rings. The number of carbonyl (C=O) groups is 2. The zero-order valence-electron chi connectivity index (χ0n) is 12.3. The second-order valence-electron chi connectivity index (χ2n) is 5.07. The molecule has 1 unspecified atom stereocenters. The number of rotatable bonds is 5. The number of para-hydroxylation sites is 1. The molecule has 5 nitrogen and oxygen atoms in total. The van der Waals surface area contributed by atoms with E-state index >= 15 is 0 Å². The summed E-state index contributed by atoms with van der Waals surface area (Å²) in [6.07, 6.45) is 1.87. The molecule has 0 spiro atoms. The summed E-state index contributed by atoms with van der Waals surface area (Å²) in [6.45, 7) is 5.54. The van der Waals surface area contributed by atoms with Crippen LogP contribution in [0.5, 0.6) is 0 Å². The first-order valence-corrected chi connectivity index (χ1v) is 7.08. The number of carbonyl (C=O) groups excluding carboxylic acids is 2. The maximum absolute atomic E-state index is 12.3. The van der Waals surface area contributed by atoms with Crippen LogP contribution < -0.4 is 10.2 Å². The molecule has 0 bridgehead atoms. The number of benzene rings is 1. The van der Waals surface area contributed by atoms with Crippen LogP contribution in [0.15, 0.2) is 43.0 Å². The second-order valence-corrected chi connectivity index (χ2v) is 5.07. The maximum Gasteiger partial charge on any atom is 0.240 e. The minimum atomic E-state index is -0.447. The van der Waals surface area contributed by atoms with Gasteiger partial charge >= 0.3 is 0 Å². The molecule has 0 aromatic heterocycles. The molecule has 0 radical (unpaired) electrons. The van der Waals surface area contributed by atoms with Crippen LogP contribution >= 0.6 is 0 Å². The van der Waals surface area contributed by atoms with Crippen molar-refractivity contribution in [1.82, 2.24) is 10.2 Å². The molecule has 5 heteroatoms. The van der Waals surface area contributed by atoms with Crippen molar-refractivity contribution >= 4 is 17.5 Å². The first kappa shape index (κ1) is 15.3. The van der Waals surface area contributed by atoms with Gasteiger partial charge in [0.05, 0.1) is 12.5 Å². The third-order valence-corrected chi connectivity index (χ3v) is 3.63. The van der Waals surface area contributed by atoms with Crippen molar-refractivity contribution in [2.24, 2.45) is 0 Å². The molecule has 21 heavy (non-hydrogen) atoms. The topological polar surface area (TPSA) is 52.7 Å². The molecule has 1 saturated heterocycles. The molecule has 2 rings (SSSR count). The SMILES string of the molecule is C=CCN1CCNC(CC(=O)N(C)c2ccccc2)C1=O. The quantitative estimate of drug-likeness (QED) is 0.823. The van der Waals surface area contributed by atoms with Gasteiger partial charge in [0.15, 0.2) is 0 Å². The Hall–Kier alpha value is -2.14. The molecule has 112 valence electrons. The molecule has 1 aromatic carbocycles. The van der Waals surface area contributed by atoms with E-state index < -0.39 is 6.04 Å². The fraction of sp³-hybridized carbons (Fsp3) is 0.375. The van der Waals surface area contributed by atoms with Crippen LogP contribution in [0.3, 0.4) is 0 Å². The van der Waals surface area contributed by atoms with Crippen molar-refractivity contribution < 1.29 is 9.59 Å². The summed E-state index contributed by atoms with van der Waals surface area (Å²) >= 11 is 0. The van der Waals surface area contributed by atoms with Crippen LogP contribution in [0.2, 0.25) is 0 Å². The monoisotopic (exact) mass is 287 g/mol. The van der Waals surface area contributed by atoms with Gasteiger partial charge in [0, 0.05) is 32.4 Å². The number of amides is 2. The average Bonchev–Trinajstić information content (AvgIpc) is 2.51. The first-order chi connectivity index (χ1) is 10.1. The van der Waals surface area contributed by atoms with E-state index in [2.05, 4.69) is 11.9 Å². The Morgan fingerprint density at radius 1 is 1.48 bits per heavy atom. The van der Waals surface area contributed by atoms with Crippen molar-refractivity contribution in [3.05, 3.63) is 43.0 Å². The fourth-order valence-electron chi connectivity index (χ4n) is 2.40. The van der Waals surface area contributed by atoms with Gasteiger partial charge < -0.3 is 15.1 Å². The Balaban J connectivity index is 1.98. The molecular weight excluding hydrogens is 266 g/mol. The number of hydrogen-bond donors (Lipinski definition) is 1. The summed E-state index contributed by atoms with van der Waals surface area (Å²) in [6, 6.07) is 8.97. The van der Waals surface area contributed by atoms with Gasteiger partial charge in [-0.05, 0) is 12.1 Å². The highest BCUT2D eigenvalue weighted by molar-refractivity contribution is 5.97. The minimum Gasteiger partial charge on any atom is -0.336 e. The van der Waals surface area contributed by atoms with Gasteiger partial charge in [0.25, 0.3) is 0 Å². The summed E-state index contributed by atoms with van der Waals surface area (Å²) in [5.41, 5.74) is 0.828. The Labute approximate surface area is 125 Å². The average molecular weight is 287 g/mol. The zero-order valence-corrected chi connectivity index (χ0v) is 12.3. The van der Waals surface area contributed by atoms with E-state index in [1.807, 2.05) is 30.3 Å². The van der Waals surface area contributed by atoms with E-state index in [0.29, 0.717) is 19.6 Å². The Bertz CT molecular complexity index is 516. The van der Waals surface area contributed by atoms with Crippen LogP contribution in [0.1, 0.15) is 6.42 Å². The van der Waals surface area contributed by atoms with E-state index in [1.165, 1.54) is 0 Å². The van der Waals surface area contributed by atoms with Gasteiger partial charge in [0.2, 0.25) is 11.8 Å². The van der Waals surface area contributed by atoms with E-state index in [-0.39, 0.29) is 18.2 Å². The highest BCUT2D eigenvalue weighted by atomic mass is 16.2. The van der Waals surface area contributed by atoms with Gasteiger partial charge in [-0.2, -0.15) is 0 Å². The van der Waals surface area contributed by atoms with Gasteiger partial charge in [-0.25, -0.2) is 0 Å². The largest absolute Gasteiger partial charge is 0.336 e. The van der Waals surface area contributed by atoms with Crippen molar-refractivity contribution in [1.29, 1.82) is 0 Å². The molecule has 0 aliphatic carbocycles. The fourth-order valence-corrected chi connectivity index (χ4v) is 2.40. The molecule has 2 amide bonds. The van der Waals surface area contributed by atoms with Gasteiger partial charge in [-0.1, -0.05) is 24.3 Å². The minimum absolute atomic E-state index is 0.0315. The van der Waals surface area contributed by atoms with Gasteiger partial charge in [0.1, 0.15) is 0 Å². The molecule has 1 N–H and O–H groups in total. The van der Waals surface area contributed by atoms with Crippen molar-refractivity contribution in [3.8, 4) is 0 Å². The Morgan fingerprint density at radius 2 is 2.19 bits per heavy atom. The van der Waals surface area contributed by atoms with Crippen molar-refractivity contribution in [2.75, 3.05) is 31.6 Å². The molecule has 1 atom stereocenters. The van der Waals surface area contributed by atoms with E-state index in [0.717, 1.165) is 5.69 Å². The third kappa shape index (κ3) is 3.70. The maximum atomic E-state index is 12.3. The Morgan fingerprint density at radius 3 is 2.86 bits per heavy atom. The third-order valence-electron chi connectivity index (χ3n) is 3.63. The smallest absolute Gasteiger partial charge is 0.240 e. The predicted octanol–water partition coefficient (Wildman–Crippen LogP) is 1.03. The lowest BCUT2D eigenvalue weighted by Gasteiger charge is -2.33. The molecule has 1 aliphatic rings. The van der Waals surface area contributed by atoms with Crippen LogP contribution in [0.25, 0.3) is 0 Å². The summed E-state index contributed by atoms with van der Waals surface area (Å²) < 4.78 is 0. The van der Waals surface area contributed by atoms with Crippen molar-refractivity contribution in [3.63, 3.8) is 0 Å². The normalized spacial score (nSPS) is 18.4. The van der Waals surface area contributed by atoms with Gasteiger partial charge in [-0.15, -0.1) is 6.58 Å². The highest BCUT2D eigenvalue weighted by Crippen LogP contribution is 2.14. The zero-order chi connectivity index (χ0) is 15.2. The molecular formula is C16H21N3O2. The summed E-state index contributed by atoms with van der Waals surface area (Å²) in [7, 11) is 1.73. The summed E-state index contributed by atoms with van der Waals surface area (Å²) in [5, 5.41) is 3.12. The number of piperazine rings is 1. The number of nitrogens with zero attached hydrogens (tertiary/aromatic N) is 2. The summed E-state index contributed by atoms with van der Waals surface area (Å²) in [4.78, 5) is 27.9. The summed E-state index contributed by atoms with van der Waals surface area (Å²) in [5.74, 6) is -0.108. The molecule has 1 aromatic rings. The van der Waals surface area contributed by atoms with Gasteiger partial charge in [-0.3, -0.25) is 9.59 Å². The first-order valence-electron chi connectivity index (χ1n) is 7.08. The van der Waals surface area contributed by atoms with E-state index in [1.54, 1.807) is 22.9 Å². The number of nitrogens with one attached hydrogen (secondary N) is 1. The van der Waals surface area contributed by atoms with Crippen LogP contribution in [-0.4, -0.2) is 49.4 Å². The van der Waals surface area contributed by atoms with Crippen LogP contribution in [0, 0.1) is 0 Å². The second kappa shape index (κ2) is 7.04. The van der Waals surface area contributed by atoms with E-state index in [9.17, 15) is 9.59 Å². The lowest BCUT2D eigenvalue weighted by atomic mass is 10.1. The lowest BCUT2D eigenvalue weighted by molar-refractivity contribution is -0.137. The number of hydrogen-bond acceptors (Lipinski definition) is 3. The predicted molar refractivity (Wildman–Crippen MR) is 83.0 cm³/mol. The van der Waals surface area contributed by atoms with Crippen LogP contribution in [-0.2, 0) is 9.59 Å². The molecule has 1 aliphatic heterocycles. The lowest BCUT2D eigenvalue weighted by Crippen LogP contribution is -2.56. The van der Waals surface area contributed by atoms with E-state index in [4.69, 9.17) is 0 Å². The molecule has 1 heterocycles. The Kier molecular flexibility index (Phi) is 5.11. The van der Waals surface area contributed by atoms with Crippen molar-refractivity contribution in [2.45, 2.75) is 12.5 Å². The number of anilines is 1.